The van der Waals surface area contributed by atoms with E-state index < -0.39 is 5.41 Å². The van der Waals surface area contributed by atoms with Gasteiger partial charge in [0.1, 0.15) is 0 Å². The molecule has 0 saturated heterocycles. The lowest BCUT2D eigenvalue weighted by molar-refractivity contribution is 0.768. The van der Waals surface area contributed by atoms with Crippen LogP contribution in [-0.2, 0) is 5.41 Å². The Morgan fingerprint density at radius 2 is 1.00 bits per heavy atom. The fraction of sp³-hybridized carbons (Fsp3) is 0.0200. The molecule has 10 rings (SSSR count). The molecule has 0 N–H and O–H groups in total. The molecule has 0 amide bonds. The molecule has 0 fully saturated rings. The molecule has 8 aromatic carbocycles. The fourth-order valence-electron chi connectivity index (χ4n) is 8.51. The maximum Gasteiger partial charge on any atom is 0.0801 e. The van der Waals surface area contributed by atoms with Crippen LogP contribution in [0.5, 0.6) is 0 Å². The summed E-state index contributed by atoms with van der Waals surface area (Å²) in [5, 5.41) is 3.42. The zero-order valence-electron chi connectivity index (χ0n) is 28.5. The summed E-state index contributed by atoms with van der Waals surface area (Å²) in [6, 6.07) is 72.8. The first kappa shape index (κ1) is 30.1. The van der Waals surface area contributed by atoms with Crippen LogP contribution in [0.1, 0.15) is 22.3 Å². The average molecular weight is 663 g/mol. The van der Waals surface area contributed by atoms with E-state index in [2.05, 4.69) is 199 Å². The minimum Gasteiger partial charge on any atom is -0.310 e. The molecule has 1 heterocycles. The van der Waals surface area contributed by atoms with Crippen molar-refractivity contribution >= 4 is 38.7 Å². The molecule has 0 unspecified atom stereocenters. The van der Waals surface area contributed by atoms with Gasteiger partial charge in [0.05, 0.1) is 16.6 Å². The van der Waals surface area contributed by atoms with E-state index in [0.29, 0.717) is 0 Å². The molecule has 0 atom stereocenters. The van der Waals surface area contributed by atoms with Crippen LogP contribution in [0, 0.1) is 0 Å². The maximum atomic E-state index is 4.95. The number of pyridine rings is 1. The van der Waals surface area contributed by atoms with Gasteiger partial charge in [-0.15, -0.1) is 0 Å². The van der Waals surface area contributed by atoms with Gasteiger partial charge in [0.25, 0.3) is 0 Å². The van der Waals surface area contributed by atoms with Crippen LogP contribution in [0.25, 0.3) is 43.9 Å². The van der Waals surface area contributed by atoms with Crippen LogP contribution < -0.4 is 4.90 Å². The number of anilines is 3. The van der Waals surface area contributed by atoms with E-state index in [4.69, 9.17) is 4.98 Å². The van der Waals surface area contributed by atoms with E-state index in [1.807, 2.05) is 12.3 Å². The molecule has 244 valence electrons. The highest BCUT2D eigenvalue weighted by Crippen LogP contribution is 2.57. The van der Waals surface area contributed by atoms with Gasteiger partial charge in [-0.1, -0.05) is 164 Å². The summed E-state index contributed by atoms with van der Waals surface area (Å²) in [5.74, 6) is 0. The lowest BCUT2D eigenvalue weighted by Crippen LogP contribution is -2.28. The molecule has 0 aliphatic heterocycles. The van der Waals surface area contributed by atoms with Crippen LogP contribution in [0.4, 0.5) is 17.1 Å². The molecule has 2 heteroatoms. The topological polar surface area (TPSA) is 16.1 Å². The highest BCUT2D eigenvalue weighted by molar-refractivity contribution is 6.13. The van der Waals surface area contributed by atoms with Gasteiger partial charge < -0.3 is 4.90 Å². The molecular formula is C50H34N2. The molecule has 9 aromatic rings. The molecule has 2 nitrogen and oxygen atoms in total. The third-order valence-corrected chi connectivity index (χ3v) is 10.8. The smallest absolute Gasteiger partial charge is 0.0801 e. The predicted octanol–water partition coefficient (Wildman–Crippen LogP) is 12.9. The predicted molar refractivity (Wildman–Crippen MR) is 217 cm³/mol. The molecule has 0 bridgehead atoms. The van der Waals surface area contributed by atoms with Gasteiger partial charge in [0, 0.05) is 28.3 Å². The number of benzene rings is 8. The third-order valence-electron chi connectivity index (χ3n) is 10.8. The first-order chi connectivity index (χ1) is 25.8. The van der Waals surface area contributed by atoms with E-state index in [9.17, 15) is 0 Å². The summed E-state index contributed by atoms with van der Waals surface area (Å²) in [5.41, 5.74) is 13.8. The minimum atomic E-state index is -0.500. The zero-order chi connectivity index (χ0) is 34.5. The first-order valence-electron chi connectivity index (χ1n) is 17.9. The van der Waals surface area contributed by atoms with E-state index in [-0.39, 0.29) is 0 Å². The van der Waals surface area contributed by atoms with Crippen molar-refractivity contribution < 1.29 is 0 Å². The Hall–Kier alpha value is -6.77. The Kier molecular flexibility index (Phi) is 7.07. The number of hydrogen-bond acceptors (Lipinski definition) is 2. The van der Waals surface area contributed by atoms with Gasteiger partial charge in [0.15, 0.2) is 0 Å². The summed E-state index contributed by atoms with van der Waals surface area (Å²) < 4.78 is 0. The monoisotopic (exact) mass is 662 g/mol. The standard InChI is InChI=1S/C50H34N2/c1-4-14-35(15-5-1)36-27-29-41(30-28-36)52(47-24-12-16-37-25-26-38-17-13-33-51-49(38)48(37)47)42-31-32-44-43-22-10-11-23-45(43)50(46(44)34-42,39-18-6-2-7-19-39)40-20-8-3-9-21-40/h1-34H. The maximum absolute atomic E-state index is 4.95. The largest absolute Gasteiger partial charge is 0.310 e. The summed E-state index contributed by atoms with van der Waals surface area (Å²) in [6.45, 7) is 0. The van der Waals surface area contributed by atoms with Gasteiger partial charge >= 0.3 is 0 Å². The normalized spacial score (nSPS) is 12.8. The Morgan fingerprint density at radius 1 is 0.404 bits per heavy atom. The summed E-state index contributed by atoms with van der Waals surface area (Å²) >= 11 is 0. The van der Waals surface area contributed by atoms with Crippen LogP contribution in [0.15, 0.2) is 206 Å². The number of nitrogens with zero attached hydrogens (tertiary/aromatic N) is 2. The quantitative estimate of drug-likeness (QED) is 0.165. The lowest BCUT2D eigenvalue weighted by Gasteiger charge is -2.35. The molecule has 1 aliphatic rings. The van der Waals surface area contributed by atoms with E-state index >= 15 is 0 Å². The number of hydrogen-bond donors (Lipinski definition) is 0. The Balaban J connectivity index is 1.27. The first-order valence-corrected chi connectivity index (χ1v) is 17.9. The summed E-state index contributed by atoms with van der Waals surface area (Å²) in [6.07, 6.45) is 1.90. The van der Waals surface area contributed by atoms with E-state index in [0.717, 1.165) is 38.7 Å². The van der Waals surface area contributed by atoms with Gasteiger partial charge in [-0.25, -0.2) is 0 Å². The fourth-order valence-corrected chi connectivity index (χ4v) is 8.51. The molecule has 0 saturated carbocycles. The minimum absolute atomic E-state index is 0.500. The molecular weight excluding hydrogens is 629 g/mol. The SMILES string of the molecule is c1ccc(-c2ccc(N(c3ccc4c(c3)C(c3ccccc3)(c3ccccc3)c3ccccc3-4)c3cccc4ccc5cccnc5c34)cc2)cc1. The average Bonchev–Trinajstić information content (AvgIpc) is 3.52. The van der Waals surface area contributed by atoms with Gasteiger partial charge in [-0.3, -0.25) is 4.98 Å². The Labute approximate surface area is 303 Å². The number of fused-ring (bicyclic) bond motifs is 6. The molecule has 0 radical (unpaired) electrons. The van der Waals surface area contributed by atoms with Crippen molar-refractivity contribution in [2.45, 2.75) is 5.41 Å². The van der Waals surface area contributed by atoms with Crippen molar-refractivity contribution in [3.63, 3.8) is 0 Å². The molecule has 1 aromatic heterocycles. The van der Waals surface area contributed by atoms with Gasteiger partial charge in [-0.2, -0.15) is 0 Å². The van der Waals surface area contributed by atoms with Gasteiger partial charge in [0.2, 0.25) is 0 Å². The summed E-state index contributed by atoms with van der Waals surface area (Å²) in [4.78, 5) is 7.38. The Bertz CT molecular complexity index is 2680. The van der Waals surface area contributed by atoms with Crippen molar-refractivity contribution in [3.8, 4) is 22.3 Å². The number of aromatic nitrogens is 1. The van der Waals surface area contributed by atoms with Crippen molar-refractivity contribution in [2.75, 3.05) is 4.90 Å². The Morgan fingerprint density at radius 3 is 1.75 bits per heavy atom. The highest BCUT2D eigenvalue weighted by atomic mass is 15.1. The van der Waals surface area contributed by atoms with Crippen molar-refractivity contribution in [3.05, 3.63) is 229 Å². The van der Waals surface area contributed by atoms with Crippen molar-refractivity contribution in [1.82, 2.24) is 4.98 Å². The summed E-state index contributed by atoms with van der Waals surface area (Å²) in [7, 11) is 0. The second-order valence-corrected chi connectivity index (χ2v) is 13.5. The second kappa shape index (κ2) is 12.2. The van der Waals surface area contributed by atoms with E-state index in [1.165, 1.54) is 44.5 Å². The van der Waals surface area contributed by atoms with Crippen LogP contribution in [0.2, 0.25) is 0 Å². The van der Waals surface area contributed by atoms with Gasteiger partial charge in [-0.05, 0) is 86.3 Å². The highest BCUT2D eigenvalue weighted by Gasteiger charge is 2.46. The molecule has 0 spiro atoms. The zero-order valence-corrected chi connectivity index (χ0v) is 28.5. The van der Waals surface area contributed by atoms with Crippen LogP contribution in [-0.4, -0.2) is 4.98 Å². The molecule has 1 aliphatic carbocycles. The number of rotatable bonds is 6. The van der Waals surface area contributed by atoms with E-state index in [1.54, 1.807) is 0 Å². The van der Waals surface area contributed by atoms with Crippen molar-refractivity contribution in [2.24, 2.45) is 0 Å². The third kappa shape index (κ3) is 4.62. The lowest BCUT2D eigenvalue weighted by atomic mass is 9.67. The molecule has 52 heavy (non-hydrogen) atoms. The van der Waals surface area contributed by atoms with Crippen LogP contribution >= 0.6 is 0 Å². The second-order valence-electron chi connectivity index (χ2n) is 13.5. The van der Waals surface area contributed by atoms with Crippen molar-refractivity contribution in [1.29, 1.82) is 0 Å². The van der Waals surface area contributed by atoms with Crippen LogP contribution in [0.3, 0.4) is 0 Å².